The Morgan fingerprint density at radius 2 is 1.86 bits per heavy atom. The number of hydrogen-bond donors (Lipinski definition) is 0. The van der Waals surface area contributed by atoms with Gasteiger partial charge in [-0.1, -0.05) is 20.8 Å². The molecule has 0 bridgehead atoms. The molecule has 1 heterocycles. The number of hydrogen-bond acceptors (Lipinski definition) is 4. The maximum Gasteiger partial charge on any atom is 1.00 e. The molecule has 14 heavy (non-hydrogen) atoms. The van der Waals surface area contributed by atoms with Crippen LogP contribution in [0.15, 0.2) is 15.7 Å². The molecular weight excluding hydrogens is 231 g/mol. The van der Waals surface area contributed by atoms with E-state index in [9.17, 15) is 13.0 Å². The van der Waals surface area contributed by atoms with Gasteiger partial charge in [-0.15, -0.1) is 11.3 Å². The van der Waals surface area contributed by atoms with Gasteiger partial charge in [0.1, 0.15) is 14.3 Å². The maximum atomic E-state index is 10.6. The summed E-state index contributed by atoms with van der Waals surface area (Å²) in [5, 5.41) is 1.71. The largest absolute Gasteiger partial charge is 1.00 e. The Morgan fingerprint density at radius 1 is 1.36 bits per heavy atom. The molecule has 1 aromatic heterocycles. The Bertz CT molecular complexity index is 400. The third-order valence-corrected chi connectivity index (χ3v) is 3.92. The zero-order valence-corrected chi connectivity index (χ0v) is 12.3. The fourth-order valence-electron chi connectivity index (χ4n) is 0.841. The first-order valence-electron chi connectivity index (χ1n) is 3.76. The third kappa shape index (κ3) is 3.64. The Balaban J connectivity index is 0.00000169. The predicted molar refractivity (Wildman–Crippen MR) is 51.0 cm³/mol. The van der Waals surface area contributed by atoms with E-state index in [1.165, 1.54) is 6.07 Å². The van der Waals surface area contributed by atoms with Crippen LogP contribution in [-0.2, 0) is 15.5 Å². The molecule has 0 N–H and O–H groups in total. The van der Waals surface area contributed by atoms with Crippen LogP contribution in [0, 0.1) is 0 Å². The van der Waals surface area contributed by atoms with Crippen molar-refractivity contribution in [3.05, 3.63) is 17.0 Å². The molecule has 3 nitrogen and oxygen atoms in total. The van der Waals surface area contributed by atoms with Crippen molar-refractivity contribution in [3.8, 4) is 0 Å². The molecule has 0 atom stereocenters. The SMILES string of the molecule is CC(C)(C)c1csc(S(=O)(=O)[O-])c1.[Na+]. The van der Waals surface area contributed by atoms with E-state index < -0.39 is 10.1 Å². The quantitative estimate of drug-likeness (QED) is 0.466. The summed E-state index contributed by atoms with van der Waals surface area (Å²) in [7, 11) is -4.27. The van der Waals surface area contributed by atoms with E-state index in [-0.39, 0.29) is 39.2 Å². The van der Waals surface area contributed by atoms with Crippen molar-refractivity contribution in [2.75, 3.05) is 0 Å². The van der Waals surface area contributed by atoms with Gasteiger partial charge in [0.25, 0.3) is 0 Å². The summed E-state index contributed by atoms with van der Waals surface area (Å²) in [4.78, 5) is 0. The molecule has 0 aromatic carbocycles. The molecule has 1 rings (SSSR count). The number of thiophene rings is 1. The van der Waals surface area contributed by atoms with E-state index in [2.05, 4.69) is 0 Å². The summed E-state index contributed by atoms with van der Waals surface area (Å²) < 4.78 is 31.8. The van der Waals surface area contributed by atoms with Gasteiger partial charge in [-0.05, 0) is 22.4 Å². The van der Waals surface area contributed by atoms with Crippen LogP contribution in [0.1, 0.15) is 26.3 Å². The van der Waals surface area contributed by atoms with Gasteiger partial charge in [-0.3, -0.25) is 0 Å². The van der Waals surface area contributed by atoms with Gasteiger partial charge in [0, 0.05) is 0 Å². The second-order valence-electron chi connectivity index (χ2n) is 3.86. The van der Waals surface area contributed by atoms with E-state index in [4.69, 9.17) is 0 Å². The molecular formula is C8H11NaO3S2. The Hall–Kier alpha value is 0.610. The zero-order valence-electron chi connectivity index (χ0n) is 8.70. The Labute approximate surface area is 111 Å². The summed E-state index contributed by atoms with van der Waals surface area (Å²) in [5.41, 5.74) is 0.770. The first-order valence-corrected chi connectivity index (χ1v) is 6.05. The van der Waals surface area contributed by atoms with Gasteiger partial charge in [-0.2, -0.15) is 0 Å². The Morgan fingerprint density at radius 3 is 2.07 bits per heavy atom. The summed E-state index contributed by atoms with van der Waals surface area (Å²) >= 11 is 0.983. The standard InChI is InChI=1S/C8H12O3S2.Na/c1-8(2,3)6-4-7(12-5-6)13(9,10)11;/h4-5H,1-3H3,(H,9,10,11);/q;+1/p-1. The average Bonchev–Trinajstić information content (AvgIpc) is 2.28. The van der Waals surface area contributed by atoms with Crippen LogP contribution < -0.4 is 29.6 Å². The molecule has 0 aliphatic carbocycles. The van der Waals surface area contributed by atoms with Crippen molar-refractivity contribution in [1.29, 1.82) is 0 Å². The first kappa shape index (κ1) is 14.6. The molecule has 0 radical (unpaired) electrons. The second-order valence-corrected chi connectivity index (χ2v) is 6.38. The molecule has 1 aromatic rings. The second kappa shape index (κ2) is 4.63. The van der Waals surface area contributed by atoms with Gasteiger partial charge in [0.15, 0.2) is 0 Å². The van der Waals surface area contributed by atoms with E-state index in [0.29, 0.717) is 0 Å². The van der Waals surface area contributed by atoms with Gasteiger partial charge >= 0.3 is 29.6 Å². The van der Waals surface area contributed by atoms with Gasteiger partial charge in [0.2, 0.25) is 0 Å². The van der Waals surface area contributed by atoms with E-state index >= 15 is 0 Å². The topological polar surface area (TPSA) is 57.2 Å². The summed E-state index contributed by atoms with van der Waals surface area (Å²) in [5.74, 6) is 0. The summed E-state index contributed by atoms with van der Waals surface area (Å²) in [6.45, 7) is 5.91. The smallest absolute Gasteiger partial charge is 0.743 e. The monoisotopic (exact) mass is 242 g/mol. The summed E-state index contributed by atoms with van der Waals surface area (Å²) in [6.07, 6.45) is 0. The van der Waals surface area contributed by atoms with Crippen molar-refractivity contribution < 1.29 is 42.5 Å². The fourth-order valence-corrected chi connectivity index (χ4v) is 2.59. The van der Waals surface area contributed by atoms with Crippen LogP contribution in [0.2, 0.25) is 0 Å². The van der Waals surface area contributed by atoms with Crippen LogP contribution in [0.5, 0.6) is 0 Å². The minimum Gasteiger partial charge on any atom is -0.743 e. The molecule has 0 amide bonds. The van der Waals surface area contributed by atoms with Crippen molar-refractivity contribution in [2.45, 2.75) is 30.4 Å². The van der Waals surface area contributed by atoms with E-state index in [1.54, 1.807) is 5.38 Å². The first-order chi connectivity index (χ1) is 5.71. The molecule has 0 spiro atoms. The van der Waals surface area contributed by atoms with Crippen molar-refractivity contribution in [1.82, 2.24) is 0 Å². The van der Waals surface area contributed by atoms with Crippen LogP contribution in [0.25, 0.3) is 0 Å². The minimum atomic E-state index is -4.27. The zero-order chi connectivity index (χ0) is 10.3. The average molecular weight is 242 g/mol. The number of rotatable bonds is 1. The molecule has 0 saturated heterocycles. The van der Waals surface area contributed by atoms with Crippen LogP contribution in [-0.4, -0.2) is 13.0 Å². The molecule has 0 aliphatic rings. The van der Waals surface area contributed by atoms with Gasteiger partial charge in [-0.25, -0.2) is 8.42 Å². The molecule has 0 unspecified atom stereocenters. The van der Waals surface area contributed by atoms with E-state index in [1.807, 2.05) is 20.8 Å². The van der Waals surface area contributed by atoms with Gasteiger partial charge < -0.3 is 4.55 Å². The molecule has 0 fully saturated rings. The van der Waals surface area contributed by atoms with Crippen molar-refractivity contribution in [3.63, 3.8) is 0 Å². The van der Waals surface area contributed by atoms with Crippen LogP contribution in [0.4, 0.5) is 0 Å². The van der Waals surface area contributed by atoms with Crippen LogP contribution in [0.3, 0.4) is 0 Å². The molecule has 0 aliphatic heterocycles. The van der Waals surface area contributed by atoms with Crippen molar-refractivity contribution in [2.24, 2.45) is 0 Å². The van der Waals surface area contributed by atoms with Crippen molar-refractivity contribution >= 4 is 21.5 Å². The maximum absolute atomic E-state index is 10.6. The molecule has 74 valence electrons. The third-order valence-electron chi connectivity index (χ3n) is 1.69. The van der Waals surface area contributed by atoms with E-state index in [0.717, 1.165) is 16.9 Å². The Kier molecular flexibility index (Phi) is 4.84. The summed E-state index contributed by atoms with van der Waals surface area (Å²) in [6, 6.07) is 1.45. The molecule has 0 saturated carbocycles. The predicted octanol–water partition coefficient (Wildman–Crippen LogP) is -1.05. The minimum absolute atomic E-state index is 0. The van der Waals surface area contributed by atoms with Crippen LogP contribution >= 0.6 is 11.3 Å². The van der Waals surface area contributed by atoms with Gasteiger partial charge in [0.05, 0.1) is 0 Å². The fraction of sp³-hybridized carbons (Fsp3) is 0.500. The normalized spacial score (nSPS) is 12.3. The molecule has 6 heteroatoms.